The fraction of sp³-hybridized carbons (Fsp3) is 0.345. The molecule has 3 rings (SSSR count). The number of aliphatic hydroxyl groups is 1. The molecule has 3 aromatic carbocycles. The molecule has 15 heteroatoms. The molecule has 0 heterocycles. The summed E-state index contributed by atoms with van der Waals surface area (Å²) >= 11 is 0. The maximum atomic E-state index is 14.6. The number of carbonyl (C=O) groups is 1. The molecule has 0 aromatic heterocycles. The van der Waals surface area contributed by atoms with Crippen LogP contribution in [0.3, 0.4) is 0 Å². The Balaban J connectivity index is 2.15. The van der Waals surface area contributed by atoms with Gasteiger partial charge in [-0.1, -0.05) is 19.9 Å². The number of halogens is 10. The summed E-state index contributed by atoms with van der Waals surface area (Å²) < 4.78 is 136. The quantitative estimate of drug-likeness (QED) is 0.132. The third-order valence-electron chi connectivity index (χ3n) is 7.01. The first-order chi connectivity index (χ1) is 20.1. The number of nitrogens with zero attached hydrogens (tertiary/aromatic N) is 1. The maximum Gasteiger partial charge on any atom is 0.416 e. The molecule has 5 nitrogen and oxygen atoms in total. The summed E-state index contributed by atoms with van der Waals surface area (Å²) in [6.07, 6.45) is -17.6. The fourth-order valence-corrected chi connectivity index (χ4v) is 4.53. The van der Waals surface area contributed by atoms with Crippen LogP contribution in [0.2, 0.25) is 0 Å². The van der Waals surface area contributed by atoms with Gasteiger partial charge in [0.25, 0.3) is 0 Å². The highest BCUT2D eigenvalue weighted by Crippen LogP contribution is 2.45. The summed E-state index contributed by atoms with van der Waals surface area (Å²) in [7, 11) is 0. The number of hydrogen-bond donors (Lipinski definition) is 3. The van der Waals surface area contributed by atoms with Crippen molar-refractivity contribution in [3.05, 3.63) is 81.7 Å². The second-order valence-corrected chi connectivity index (χ2v) is 10.4. The van der Waals surface area contributed by atoms with Crippen molar-refractivity contribution in [2.45, 2.75) is 63.9 Å². The second-order valence-electron chi connectivity index (χ2n) is 10.4. The van der Waals surface area contributed by atoms with Crippen molar-refractivity contribution >= 4 is 6.41 Å². The zero-order valence-electron chi connectivity index (χ0n) is 23.0. The molecule has 44 heavy (non-hydrogen) atoms. The first kappa shape index (κ1) is 34.5. The van der Waals surface area contributed by atoms with Gasteiger partial charge in [-0.05, 0) is 71.5 Å². The number of aliphatic hydroxyl groups excluding tert-OH is 1. The van der Waals surface area contributed by atoms with Crippen LogP contribution in [0, 0.1) is 5.82 Å². The van der Waals surface area contributed by atoms with Gasteiger partial charge in [-0.25, -0.2) is 4.39 Å². The van der Waals surface area contributed by atoms with Gasteiger partial charge in [0.1, 0.15) is 0 Å². The van der Waals surface area contributed by atoms with E-state index in [4.69, 9.17) is 0 Å². The Bertz CT molecular complexity index is 1500. The van der Waals surface area contributed by atoms with Crippen molar-refractivity contribution in [1.29, 1.82) is 0 Å². The molecule has 0 fully saturated rings. The van der Waals surface area contributed by atoms with Gasteiger partial charge in [0.15, 0.2) is 17.3 Å². The molecule has 2 atom stereocenters. The van der Waals surface area contributed by atoms with Crippen molar-refractivity contribution < 1.29 is 64.0 Å². The van der Waals surface area contributed by atoms with Crippen molar-refractivity contribution in [3.8, 4) is 22.6 Å². The van der Waals surface area contributed by atoms with Gasteiger partial charge in [0, 0.05) is 12.1 Å². The number of hydrogen-bond acceptors (Lipinski definition) is 4. The first-order valence-electron chi connectivity index (χ1n) is 12.7. The van der Waals surface area contributed by atoms with Crippen molar-refractivity contribution in [3.63, 3.8) is 0 Å². The SMILES string of the molecule is CC(C)c1cc(-c2ccc(C(F)(F)F)cc2CN(C=O)[C@@H](C)[C@H](O)c2cc(C(F)(F)F)cc(C(F)(F)F)c2)c(O)c(O)c1F. The summed E-state index contributed by atoms with van der Waals surface area (Å²) in [6, 6.07) is 1.85. The van der Waals surface area contributed by atoms with E-state index in [0.717, 1.165) is 19.1 Å². The van der Waals surface area contributed by atoms with Crippen LogP contribution in [-0.4, -0.2) is 32.7 Å². The Kier molecular flexibility index (Phi) is 9.54. The van der Waals surface area contributed by atoms with E-state index >= 15 is 0 Å². The van der Waals surface area contributed by atoms with Gasteiger partial charge < -0.3 is 20.2 Å². The number of benzene rings is 3. The van der Waals surface area contributed by atoms with E-state index in [1.54, 1.807) is 0 Å². The summed E-state index contributed by atoms with van der Waals surface area (Å²) in [5.41, 5.74) is -6.64. The lowest BCUT2D eigenvalue weighted by Crippen LogP contribution is -2.36. The van der Waals surface area contributed by atoms with Gasteiger partial charge in [-0.2, -0.15) is 39.5 Å². The van der Waals surface area contributed by atoms with Crippen LogP contribution >= 0.6 is 0 Å². The van der Waals surface area contributed by atoms with E-state index in [2.05, 4.69) is 0 Å². The van der Waals surface area contributed by atoms with E-state index in [0.29, 0.717) is 17.0 Å². The highest BCUT2D eigenvalue weighted by molar-refractivity contribution is 5.77. The molecular weight excluding hydrogens is 616 g/mol. The number of phenolic OH excluding ortho intramolecular Hbond substituents is 2. The molecule has 240 valence electrons. The second kappa shape index (κ2) is 12.2. The van der Waals surface area contributed by atoms with Gasteiger partial charge >= 0.3 is 18.5 Å². The maximum absolute atomic E-state index is 14.6. The first-order valence-corrected chi connectivity index (χ1v) is 12.7. The largest absolute Gasteiger partial charge is 0.504 e. The Morgan fingerprint density at radius 2 is 1.27 bits per heavy atom. The average Bonchev–Trinajstić information content (AvgIpc) is 2.92. The number of alkyl halides is 9. The minimum atomic E-state index is -5.24. The van der Waals surface area contributed by atoms with Crippen molar-refractivity contribution in [1.82, 2.24) is 4.90 Å². The number of phenols is 2. The molecule has 0 aliphatic carbocycles. The van der Waals surface area contributed by atoms with Crippen molar-refractivity contribution in [2.75, 3.05) is 0 Å². The Morgan fingerprint density at radius 3 is 1.73 bits per heavy atom. The average molecular weight is 642 g/mol. The molecule has 0 saturated carbocycles. The highest BCUT2D eigenvalue weighted by Gasteiger charge is 2.38. The van der Waals surface area contributed by atoms with E-state index in [9.17, 15) is 64.0 Å². The lowest BCUT2D eigenvalue weighted by molar-refractivity contribution is -0.143. The summed E-state index contributed by atoms with van der Waals surface area (Å²) in [6.45, 7) is 3.28. The van der Waals surface area contributed by atoms with Gasteiger partial charge in [0.05, 0.1) is 28.8 Å². The third-order valence-corrected chi connectivity index (χ3v) is 7.01. The molecular formula is C29H25F10NO4. The van der Waals surface area contributed by atoms with Crippen LogP contribution in [-0.2, 0) is 29.9 Å². The minimum Gasteiger partial charge on any atom is -0.504 e. The van der Waals surface area contributed by atoms with Crippen LogP contribution < -0.4 is 0 Å². The van der Waals surface area contributed by atoms with Crippen LogP contribution in [0.4, 0.5) is 43.9 Å². The van der Waals surface area contributed by atoms with Gasteiger partial charge in [-0.3, -0.25) is 4.79 Å². The van der Waals surface area contributed by atoms with Gasteiger partial charge in [-0.15, -0.1) is 0 Å². The molecule has 0 radical (unpaired) electrons. The fourth-order valence-electron chi connectivity index (χ4n) is 4.53. The minimum absolute atomic E-state index is 0.0117. The Labute approximate surface area is 244 Å². The summed E-state index contributed by atoms with van der Waals surface area (Å²) in [5.74, 6) is -3.99. The molecule has 0 saturated heterocycles. The molecule has 3 aromatic rings. The molecule has 1 amide bonds. The third kappa shape index (κ3) is 7.20. The smallest absolute Gasteiger partial charge is 0.416 e. The number of aromatic hydroxyl groups is 2. The number of amides is 1. The molecule has 0 unspecified atom stereocenters. The number of rotatable bonds is 8. The van der Waals surface area contributed by atoms with E-state index in [1.165, 1.54) is 13.8 Å². The van der Waals surface area contributed by atoms with Gasteiger partial charge in [0.2, 0.25) is 6.41 Å². The van der Waals surface area contributed by atoms with E-state index in [-0.39, 0.29) is 46.9 Å². The zero-order chi connectivity index (χ0) is 33.5. The normalized spacial score (nSPS) is 14.1. The predicted octanol–water partition coefficient (Wildman–Crippen LogP) is 8.16. The lowest BCUT2D eigenvalue weighted by Gasteiger charge is -2.31. The Hall–Kier alpha value is -4.01. The van der Waals surface area contributed by atoms with Crippen molar-refractivity contribution in [2.24, 2.45) is 0 Å². The summed E-state index contributed by atoms with van der Waals surface area (Å²) in [5, 5.41) is 31.5. The molecule has 3 N–H and O–H groups in total. The summed E-state index contributed by atoms with van der Waals surface area (Å²) in [4.78, 5) is 12.7. The number of carbonyl (C=O) groups excluding carboxylic acids is 1. The zero-order valence-corrected chi connectivity index (χ0v) is 23.0. The topological polar surface area (TPSA) is 81.0 Å². The van der Waals surface area contributed by atoms with Crippen LogP contribution in [0.1, 0.15) is 66.2 Å². The molecule has 0 spiro atoms. The molecule has 0 bridgehead atoms. The van der Waals surface area contributed by atoms with Crippen LogP contribution in [0.5, 0.6) is 11.5 Å². The molecule has 0 aliphatic rings. The standard InChI is InChI=1S/C29H25F10NO4/c1-13(2)21-10-22(25(43)26(44)23(21)30)20-5-4-17(27(31,32)33)8-16(20)11-40(12-41)14(3)24(42)15-6-18(28(34,35)36)9-19(7-15)29(37,38)39/h4-10,12-14,24,42-44H,11H2,1-3H3/t14-,24-/m0/s1. The van der Waals surface area contributed by atoms with Crippen LogP contribution in [0.25, 0.3) is 11.1 Å². The van der Waals surface area contributed by atoms with Crippen LogP contribution in [0.15, 0.2) is 42.5 Å². The molecule has 0 aliphatic heterocycles. The monoisotopic (exact) mass is 641 g/mol. The predicted molar refractivity (Wildman–Crippen MR) is 137 cm³/mol. The lowest BCUT2D eigenvalue weighted by atomic mass is 9.91. The van der Waals surface area contributed by atoms with E-state index in [1.807, 2.05) is 0 Å². The van der Waals surface area contributed by atoms with E-state index < -0.39 is 82.7 Å². The Morgan fingerprint density at radius 1 is 0.750 bits per heavy atom. The highest BCUT2D eigenvalue weighted by atomic mass is 19.4.